The summed E-state index contributed by atoms with van der Waals surface area (Å²) >= 11 is 0. The lowest BCUT2D eigenvalue weighted by atomic mass is 10.0. The van der Waals surface area contributed by atoms with Crippen molar-refractivity contribution in [2.24, 2.45) is 0 Å². The summed E-state index contributed by atoms with van der Waals surface area (Å²) in [5.74, 6) is -0.606. The van der Waals surface area contributed by atoms with Crippen molar-refractivity contribution in [1.82, 2.24) is 15.0 Å². The van der Waals surface area contributed by atoms with E-state index in [-0.39, 0.29) is 17.4 Å². The molecule has 24 heavy (non-hydrogen) atoms. The van der Waals surface area contributed by atoms with Crippen LogP contribution < -0.4 is 4.90 Å². The van der Waals surface area contributed by atoms with E-state index in [9.17, 15) is 9.18 Å². The number of nitrogens with zero attached hydrogens (tertiary/aromatic N) is 4. The van der Waals surface area contributed by atoms with Crippen molar-refractivity contribution < 1.29 is 9.18 Å². The summed E-state index contributed by atoms with van der Waals surface area (Å²) in [5, 5.41) is 8.43. The third-order valence-electron chi connectivity index (χ3n) is 4.11. The van der Waals surface area contributed by atoms with Gasteiger partial charge < -0.3 is 4.90 Å². The Hall–Kier alpha value is -3.02. The first-order chi connectivity index (χ1) is 11.7. The van der Waals surface area contributed by atoms with Gasteiger partial charge in [0, 0.05) is 6.54 Å². The molecule has 1 amide bonds. The van der Waals surface area contributed by atoms with E-state index < -0.39 is 0 Å². The number of para-hydroxylation sites is 1. The maximum absolute atomic E-state index is 13.6. The summed E-state index contributed by atoms with van der Waals surface area (Å²) < 4.78 is 13.6. The van der Waals surface area contributed by atoms with Crippen LogP contribution in [0.5, 0.6) is 0 Å². The van der Waals surface area contributed by atoms with Crippen molar-refractivity contribution >= 4 is 11.6 Å². The molecule has 1 aliphatic heterocycles. The lowest BCUT2D eigenvalue weighted by Gasteiger charge is -2.28. The molecule has 1 aliphatic rings. The number of fused-ring (bicyclic) bond motifs is 1. The number of aryl methyl sites for hydroxylation is 1. The van der Waals surface area contributed by atoms with E-state index >= 15 is 0 Å². The molecule has 3 aromatic rings. The summed E-state index contributed by atoms with van der Waals surface area (Å²) in [7, 11) is 0. The molecular weight excluding hydrogens is 307 g/mol. The Morgan fingerprint density at radius 2 is 1.96 bits per heavy atom. The van der Waals surface area contributed by atoms with E-state index in [0.717, 1.165) is 24.1 Å². The van der Waals surface area contributed by atoms with Crippen LogP contribution in [-0.4, -0.2) is 27.4 Å². The average molecular weight is 322 g/mol. The van der Waals surface area contributed by atoms with Crippen LogP contribution >= 0.6 is 0 Å². The number of halogens is 1. The first kappa shape index (κ1) is 14.6. The summed E-state index contributed by atoms with van der Waals surface area (Å²) in [4.78, 5) is 15.8. The Morgan fingerprint density at radius 1 is 1.12 bits per heavy atom. The topological polar surface area (TPSA) is 51.0 Å². The van der Waals surface area contributed by atoms with Gasteiger partial charge in [0.05, 0.1) is 17.6 Å². The van der Waals surface area contributed by atoms with Gasteiger partial charge in [-0.2, -0.15) is 9.90 Å². The van der Waals surface area contributed by atoms with E-state index in [1.807, 2.05) is 30.3 Å². The van der Waals surface area contributed by atoms with Crippen molar-refractivity contribution in [3.63, 3.8) is 0 Å². The summed E-state index contributed by atoms with van der Waals surface area (Å²) in [5.41, 5.74) is 2.63. The zero-order chi connectivity index (χ0) is 16.5. The van der Waals surface area contributed by atoms with Gasteiger partial charge in [0.15, 0.2) is 5.69 Å². The van der Waals surface area contributed by atoms with Gasteiger partial charge in [-0.3, -0.25) is 4.79 Å². The second-order valence-electron chi connectivity index (χ2n) is 5.69. The predicted octanol–water partition coefficient (Wildman–Crippen LogP) is 3.00. The van der Waals surface area contributed by atoms with Gasteiger partial charge in [-0.05, 0) is 42.7 Å². The van der Waals surface area contributed by atoms with Crippen LogP contribution in [0, 0.1) is 5.82 Å². The minimum atomic E-state index is -0.346. The molecule has 4 rings (SSSR count). The Bertz CT molecular complexity index is 891. The van der Waals surface area contributed by atoms with Gasteiger partial charge >= 0.3 is 0 Å². The third kappa shape index (κ3) is 2.56. The van der Waals surface area contributed by atoms with Crippen LogP contribution in [0.4, 0.5) is 10.1 Å². The van der Waals surface area contributed by atoms with Gasteiger partial charge in [0.2, 0.25) is 0 Å². The summed E-state index contributed by atoms with van der Waals surface area (Å²) in [6.45, 7) is 0.549. The molecule has 0 atom stereocenters. The molecule has 0 fully saturated rings. The number of carbonyl (C=O) groups excluding carboxylic acids is 1. The van der Waals surface area contributed by atoms with E-state index in [1.54, 1.807) is 11.0 Å². The minimum Gasteiger partial charge on any atom is -0.307 e. The highest BCUT2D eigenvalue weighted by atomic mass is 19.1. The number of anilines is 1. The second kappa shape index (κ2) is 5.88. The quantitative estimate of drug-likeness (QED) is 0.729. The molecule has 2 aromatic carbocycles. The lowest BCUT2D eigenvalue weighted by Crippen LogP contribution is -2.35. The van der Waals surface area contributed by atoms with Crippen LogP contribution in [0.25, 0.3) is 5.69 Å². The monoisotopic (exact) mass is 322 g/mol. The molecule has 0 unspecified atom stereocenters. The van der Waals surface area contributed by atoms with Gasteiger partial charge in [-0.1, -0.05) is 24.3 Å². The first-order valence-corrected chi connectivity index (χ1v) is 7.80. The van der Waals surface area contributed by atoms with Crippen LogP contribution in [0.1, 0.15) is 22.5 Å². The van der Waals surface area contributed by atoms with E-state index in [2.05, 4.69) is 10.2 Å². The zero-order valence-corrected chi connectivity index (χ0v) is 12.9. The molecule has 6 heteroatoms. The molecule has 0 bridgehead atoms. The molecule has 5 nitrogen and oxygen atoms in total. The van der Waals surface area contributed by atoms with Gasteiger partial charge in [0.1, 0.15) is 5.82 Å². The van der Waals surface area contributed by atoms with Crippen LogP contribution in [0.3, 0.4) is 0 Å². The van der Waals surface area contributed by atoms with Crippen molar-refractivity contribution in [1.29, 1.82) is 0 Å². The second-order valence-corrected chi connectivity index (χ2v) is 5.69. The molecule has 0 radical (unpaired) electrons. The third-order valence-corrected chi connectivity index (χ3v) is 4.11. The maximum atomic E-state index is 13.6. The predicted molar refractivity (Wildman–Crippen MR) is 87.8 cm³/mol. The fraction of sp³-hybridized carbons (Fsp3) is 0.167. The summed E-state index contributed by atoms with van der Waals surface area (Å²) in [6, 6.07) is 14.0. The highest BCUT2D eigenvalue weighted by Crippen LogP contribution is 2.29. The fourth-order valence-electron chi connectivity index (χ4n) is 2.94. The first-order valence-electron chi connectivity index (χ1n) is 7.80. The molecule has 1 aromatic heterocycles. The minimum absolute atomic E-state index is 0.246. The molecule has 0 N–H and O–H groups in total. The number of carbonyl (C=O) groups is 1. The van der Waals surface area contributed by atoms with Gasteiger partial charge in [0.25, 0.3) is 5.91 Å². The van der Waals surface area contributed by atoms with E-state index in [4.69, 9.17) is 0 Å². The average Bonchev–Trinajstić information content (AvgIpc) is 3.11. The molecule has 0 saturated heterocycles. The van der Waals surface area contributed by atoms with Crippen molar-refractivity contribution in [2.45, 2.75) is 12.8 Å². The Kier molecular flexibility index (Phi) is 3.57. The number of hydrogen-bond acceptors (Lipinski definition) is 3. The molecule has 0 aliphatic carbocycles. The van der Waals surface area contributed by atoms with Crippen LogP contribution in [0.2, 0.25) is 0 Å². The molecule has 2 heterocycles. The standard InChI is InChI=1S/C18H15FN4O/c19-14-9-8-13-5-4-10-22(17(13)11-14)18(24)16-12-20-23(21-16)15-6-2-1-3-7-15/h1-3,6-9,11-12H,4-5,10H2. The number of benzene rings is 2. The Labute approximate surface area is 138 Å². The highest BCUT2D eigenvalue weighted by Gasteiger charge is 2.26. The molecule has 0 saturated carbocycles. The number of amides is 1. The Morgan fingerprint density at radius 3 is 2.79 bits per heavy atom. The lowest BCUT2D eigenvalue weighted by molar-refractivity contribution is 0.0980. The highest BCUT2D eigenvalue weighted by molar-refractivity contribution is 6.05. The number of hydrogen-bond donors (Lipinski definition) is 0. The molecular formula is C18H15FN4O. The SMILES string of the molecule is O=C(c1cnn(-c2ccccc2)n1)N1CCCc2ccc(F)cc21. The van der Waals surface area contributed by atoms with Crippen molar-refractivity contribution in [3.8, 4) is 5.69 Å². The fourth-order valence-corrected chi connectivity index (χ4v) is 2.94. The van der Waals surface area contributed by atoms with Crippen molar-refractivity contribution in [2.75, 3.05) is 11.4 Å². The summed E-state index contributed by atoms with van der Waals surface area (Å²) in [6.07, 6.45) is 3.14. The molecule has 120 valence electrons. The van der Waals surface area contributed by atoms with Crippen LogP contribution in [-0.2, 0) is 6.42 Å². The largest absolute Gasteiger partial charge is 0.307 e. The van der Waals surface area contributed by atoms with Gasteiger partial charge in [-0.15, -0.1) is 5.10 Å². The number of rotatable bonds is 2. The van der Waals surface area contributed by atoms with Crippen molar-refractivity contribution in [3.05, 3.63) is 71.8 Å². The number of aromatic nitrogens is 3. The maximum Gasteiger partial charge on any atom is 0.280 e. The smallest absolute Gasteiger partial charge is 0.280 e. The van der Waals surface area contributed by atoms with E-state index in [1.165, 1.54) is 23.1 Å². The van der Waals surface area contributed by atoms with E-state index in [0.29, 0.717) is 12.2 Å². The Balaban J connectivity index is 1.66. The molecule has 0 spiro atoms. The zero-order valence-electron chi connectivity index (χ0n) is 12.9. The van der Waals surface area contributed by atoms with Gasteiger partial charge in [-0.25, -0.2) is 4.39 Å². The van der Waals surface area contributed by atoms with Crippen LogP contribution in [0.15, 0.2) is 54.7 Å². The normalized spacial score (nSPS) is 13.6.